The van der Waals surface area contributed by atoms with Crippen LogP contribution in [0.2, 0.25) is 0 Å². The van der Waals surface area contributed by atoms with Crippen molar-refractivity contribution in [2.45, 2.75) is 52.4 Å². The van der Waals surface area contributed by atoms with Crippen LogP contribution in [0.5, 0.6) is 5.75 Å². The summed E-state index contributed by atoms with van der Waals surface area (Å²) in [5.41, 5.74) is 2.26. The van der Waals surface area contributed by atoms with Crippen LogP contribution in [0.1, 0.15) is 57.1 Å². The monoisotopic (exact) mass is 372 g/mol. The zero-order chi connectivity index (χ0) is 19.6. The fraction of sp³-hybridized carbons (Fsp3) is 0.636. The first-order valence-corrected chi connectivity index (χ1v) is 10.0. The Morgan fingerprint density at radius 1 is 1.11 bits per heavy atom. The maximum atomic E-state index is 12.9. The van der Waals surface area contributed by atoms with Crippen molar-refractivity contribution in [3.05, 3.63) is 29.3 Å². The summed E-state index contributed by atoms with van der Waals surface area (Å²) in [5, 5.41) is 0. The van der Waals surface area contributed by atoms with Gasteiger partial charge in [0.2, 0.25) is 11.8 Å². The Morgan fingerprint density at radius 3 is 2.41 bits per heavy atom. The van der Waals surface area contributed by atoms with Crippen LogP contribution in [0.25, 0.3) is 0 Å². The first-order valence-electron chi connectivity index (χ1n) is 10.0. The number of methoxy groups -OCH3 is 1. The molecule has 0 bridgehead atoms. The third kappa shape index (κ3) is 4.45. The Hall–Kier alpha value is -2.04. The average Bonchev–Trinajstić information content (AvgIpc) is 2.66. The van der Waals surface area contributed by atoms with Crippen LogP contribution in [0.15, 0.2) is 18.2 Å². The number of carbonyl (C=O) groups is 2. The van der Waals surface area contributed by atoms with Crippen molar-refractivity contribution in [2.24, 2.45) is 5.41 Å². The molecular formula is C22H32N2O3. The number of aryl methyl sites for hydroxylation is 1. The second-order valence-corrected chi connectivity index (χ2v) is 8.78. The average molecular weight is 373 g/mol. The molecule has 1 aromatic carbocycles. The number of fused-ring (bicyclic) bond motifs is 1. The lowest BCUT2D eigenvalue weighted by molar-refractivity contribution is -0.145. The van der Waals surface area contributed by atoms with Crippen molar-refractivity contribution in [3.63, 3.8) is 0 Å². The minimum Gasteiger partial charge on any atom is -0.497 e. The molecule has 0 aromatic heterocycles. The molecule has 1 aromatic rings. The van der Waals surface area contributed by atoms with Gasteiger partial charge in [-0.25, -0.2) is 0 Å². The van der Waals surface area contributed by atoms with Crippen LogP contribution in [0.3, 0.4) is 0 Å². The lowest BCUT2D eigenvalue weighted by Crippen LogP contribution is -2.53. The normalized spacial score (nSPS) is 20.2. The number of carbonyl (C=O) groups excluding carboxylic acids is 2. The number of benzene rings is 1. The Kier molecular flexibility index (Phi) is 5.78. The van der Waals surface area contributed by atoms with E-state index in [-0.39, 0.29) is 17.2 Å². The Balaban J connectivity index is 1.59. The van der Waals surface area contributed by atoms with E-state index in [2.05, 4.69) is 12.1 Å². The van der Waals surface area contributed by atoms with Crippen molar-refractivity contribution in [2.75, 3.05) is 33.3 Å². The Labute approximate surface area is 162 Å². The van der Waals surface area contributed by atoms with Gasteiger partial charge in [-0.3, -0.25) is 9.59 Å². The van der Waals surface area contributed by atoms with E-state index in [0.29, 0.717) is 38.5 Å². The van der Waals surface area contributed by atoms with Crippen molar-refractivity contribution >= 4 is 11.8 Å². The second kappa shape index (κ2) is 7.91. The predicted molar refractivity (Wildman–Crippen MR) is 106 cm³/mol. The topological polar surface area (TPSA) is 49.9 Å². The van der Waals surface area contributed by atoms with Crippen LogP contribution >= 0.6 is 0 Å². The highest BCUT2D eigenvalue weighted by Gasteiger charge is 2.32. The first-order chi connectivity index (χ1) is 12.8. The number of hydrogen-bond acceptors (Lipinski definition) is 3. The van der Waals surface area contributed by atoms with Crippen LogP contribution in [-0.2, 0) is 16.0 Å². The summed E-state index contributed by atoms with van der Waals surface area (Å²) in [6.45, 7) is 8.40. The van der Waals surface area contributed by atoms with Gasteiger partial charge in [0.15, 0.2) is 0 Å². The van der Waals surface area contributed by atoms with Crippen LogP contribution in [0.4, 0.5) is 0 Å². The third-order valence-electron chi connectivity index (χ3n) is 5.77. The van der Waals surface area contributed by atoms with Crippen LogP contribution in [-0.4, -0.2) is 54.9 Å². The van der Waals surface area contributed by atoms with E-state index in [1.54, 1.807) is 7.11 Å². The molecule has 3 rings (SSSR count). The zero-order valence-electron chi connectivity index (χ0n) is 17.1. The van der Waals surface area contributed by atoms with Gasteiger partial charge >= 0.3 is 0 Å². The van der Waals surface area contributed by atoms with Gasteiger partial charge < -0.3 is 14.5 Å². The summed E-state index contributed by atoms with van der Waals surface area (Å²) < 4.78 is 5.34. The number of ether oxygens (including phenoxy) is 1. The van der Waals surface area contributed by atoms with E-state index in [0.717, 1.165) is 25.0 Å². The summed E-state index contributed by atoms with van der Waals surface area (Å²) >= 11 is 0. The van der Waals surface area contributed by atoms with E-state index < -0.39 is 0 Å². The molecule has 2 aliphatic rings. The fourth-order valence-electron chi connectivity index (χ4n) is 4.20. The van der Waals surface area contributed by atoms with Gasteiger partial charge in [-0.15, -0.1) is 0 Å². The second-order valence-electron chi connectivity index (χ2n) is 8.78. The van der Waals surface area contributed by atoms with Crippen molar-refractivity contribution in [1.82, 2.24) is 9.80 Å². The van der Waals surface area contributed by atoms with Crippen LogP contribution in [0, 0.1) is 5.41 Å². The van der Waals surface area contributed by atoms with Crippen LogP contribution < -0.4 is 4.74 Å². The molecule has 1 saturated heterocycles. The summed E-state index contributed by atoms with van der Waals surface area (Å²) in [6.07, 6.45) is 3.80. The lowest BCUT2D eigenvalue weighted by atomic mass is 9.80. The molecule has 5 heteroatoms. The lowest BCUT2D eigenvalue weighted by Gasteiger charge is -2.38. The molecule has 148 valence electrons. The van der Waals surface area contributed by atoms with Gasteiger partial charge in [-0.2, -0.15) is 0 Å². The number of amides is 2. The molecule has 5 nitrogen and oxygen atoms in total. The highest BCUT2D eigenvalue weighted by Crippen LogP contribution is 2.36. The third-order valence-corrected chi connectivity index (χ3v) is 5.77. The minimum atomic E-state index is -0.362. The van der Waals surface area contributed by atoms with Gasteiger partial charge in [0.25, 0.3) is 0 Å². The molecule has 27 heavy (non-hydrogen) atoms. The number of piperazine rings is 1. The summed E-state index contributed by atoms with van der Waals surface area (Å²) in [6, 6.07) is 6.24. The molecule has 1 unspecified atom stereocenters. The molecular weight excluding hydrogens is 340 g/mol. The molecule has 1 aliphatic carbocycles. The maximum absolute atomic E-state index is 12.9. The van der Waals surface area contributed by atoms with E-state index in [9.17, 15) is 9.59 Å². The molecule has 2 amide bonds. The van der Waals surface area contributed by atoms with Gasteiger partial charge in [-0.05, 0) is 48.4 Å². The maximum Gasteiger partial charge on any atom is 0.228 e. The number of rotatable bonds is 3. The summed E-state index contributed by atoms with van der Waals surface area (Å²) in [7, 11) is 1.69. The van der Waals surface area contributed by atoms with E-state index in [4.69, 9.17) is 4.74 Å². The minimum absolute atomic E-state index is 0.171. The highest BCUT2D eigenvalue weighted by molar-refractivity contribution is 5.82. The molecule has 0 saturated carbocycles. The number of hydrogen-bond donors (Lipinski definition) is 0. The summed E-state index contributed by atoms with van der Waals surface area (Å²) in [5.74, 6) is 1.57. The van der Waals surface area contributed by atoms with E-state index in [1.807, 2.05) is 36.6 Å². The molecule has 0 spiro atoms. The molecule has 0 radical (unpaired) electrons. The van der Waals surface area contributed by atoms with Crippen molar-refractivity contribution in [3.8, 4) is 5.75 Å². The molecule has 1 atom stereocenters. The number of nitrogens with zero attached hydrogens (tertiary/aromatic N) is 2. The SMILES string of the molecule is COc1ccc2c(c1)CCCC2CC(=O)N1CCN(C(=O)C(C)(C)C)CC1. The van der Waals surface area contributed by atoms with Gasteiger partial charge in [0.1, 0.15) is 5.75 Å². The zero-order valence-corrected chi connectivity index (χ0v) is 17.1. The fourth-order valence-corrected chi connectivity index (χ4v) is 4.20. The predicted octanol–water partition coefficient (Wildman–Crippen LogP) is 3.22. The van der Waals surface area contributed by atoms with Crippen molar-refractivity contribution < 1.29 is 14.3 Å². The standard InChI is InChI=1S/C22H32N2O3/c1-22(2,3)21(26)24-12-10-23(11-13-24)20(25)15-17-7-5-6-16-14-18(27-4)8-9-19(16)17/h8-9,14,17H,5-7,10-13,15H2,1-4H3. The summed E-state index contributed by atoms with van der Waals surface area (Å²) in [4.78, 5) is 29.1. The quantitative estimate of drug-likeness (QED) is 0.819. The van der Waals surface area contributed by atoms with Crippen molar-refractivity contribution in [1.29, 1.82) is 0 Å². The largest absolute Gasteiger partial charge is 0.497 e. The first kappa shape index (κ1) is 19.7. The van der Waals surface area contributed by atoms with Gasteiger partial charge in [0.05, 0.1) is 7.11 Å². The van der Waals surface area contributed by atoms with Gasteiger partial charge in [0, 0.05) is 38.0 Å². The van der Waals surface area contributed by atoms with E-state index in [1.165, 1.54) is 11.1 Å². The molecule has 1 fully saturated rings. The molecule has 1 heterocycles. The smallest absolute Gasteiger partial charge is 0.228 e. The highest BCUT2D eigenvalue weighted by atomic mass is 16.5. The molecule has 1 aliphatic heterocycles. The Bertz CT molecular complexity index is 700. The Morgan fingerprint density at radius 2 is 1.78 bits per heavy atom. The van der Waals surface area contributed by atoms with E-state index >= 15 is 0 Å². The molecule has 0 N–H and O–H groups in total. The van der Waals surface area contributed by atoms with Gasteiger partial charge in [-0.1, -0.05) is 26.8 Å².